The fraction of sp³-hybridized carbons (Fsp3) is 0.957. The Balaban J connectivity index is 1.97. The fourth-order valence-electron chi connectivity index (χ4n) is 8.45. The van der Waals surface area contributed by atoms with Crippen molar-refractivity contribution in [2.24, 2.45) is 0 Å². The van der Waals surface area contributed by atoms with Gasteiger partial charge in [0.25, 0.3) is 11.8 Å². The smallest absolute Gasteiger partial charge is 0.251 e. The van der Waals surface area contributed by atoms with Gasteiger partial charge in [-0.3, -0.25) is 9.59 Å². The summed E-state index contributed by atoms with van der Waals surface area (Å²) < 4.78 is 21.2. The molecule has 2 aliphatic rings. The molecule has 420 valence electrons. The van der Waals surface area contributed by atoms with Crippen LogP contribution in [0.2, 0.25) is 0 Å². The fourth-order valence-corrected chi connectivity index (χ4v) is 8.45. The van der Waals surface area contributed by atoms with Crippen LogP contribution in [-0.4, -0.2) is 268 Å². The van der Waals surface area contributed by atoms with Gasteiger partial charge in [-0.25, -0.2) is 0 Å². The van der Waals surface area contributed by atoms with E-state index in [4.69, 9.17) is 18.9 Å². The van der Waals surface area contributed by atoms with Gasteiger partial charge in [-0.1, -0.05) is 90.4 Å². The zero-order chi connectivity index (χ0) is 53.0. The molecular formula is C46H89N3O22. The second-order valence-electron chi connectivity index (χ2n) is 18.7. The Morgan fingerprint density at radius 3 is 1.13 bits per heavy atom. The lowest BCUT2D eigenvalue weighted by atomic mass is 9.98. The summed E-state index contributed by atoms with van der Waals surface area (Å²) in [7, 11) is 0. The maximum atomic E-state index is 13.0. The van der Waals surface area contributed by atoms with Crippen molar-refractivity contribution in [1.82, 2.24) is 15.5 Å². The molecule has 2 rings (SSSR count). The van der Waals surface area contributed by atoms with Gasteiger partial charge < -0.3 is 116 Å². The van der Waals surface area contributed by atoms with E-state index in [0.717, 1.165) is 32.1 Å². The predicted octanol–water partition coefficient (Wildman–Crippen LogP) is -5.70. The molecule has 0 bridgehead atoms. The number of nitrogens with zero attached hydrogens (tertiary/aromatic N) is 1. The molecule has 0 aromatic rings. The summed E-state index contributed by atoms with van der Waals surface area (Å²) in [5.41, 5.74) is 0. The van der Waals surface area contributed by atoms with Crippen molar-refractivity contribution in [3.05, 3.63) is 0 Å². The largest absolute Gasteiger partial charge is 0.394 e. The minimum atomic E-state index is -2.24. The van der Waals surface area contributed by atoms with Gasteiger partial charge in [0.1, 0.15) is 85.5 Å². The van der Waals surface area contributed by atoms with Crippen LogP contribution in [0.25, 0.3) is 0 Å². The van der Waals surface area contributed by atoms with Crippen LogP contribution in [-0.2, 0) is 28.5 Å². The number of unbranched alkanes of at least 4 members (excludes halogenated alkanes) is 13. The molecular weight excluding hydrogens is 947 g/mol. The van der Waals surface area contributed by atoms with Crippen molar-refractivity contribution < 1.29 is 110 Å². The monoisotopic (exact) mass is 1040 g/mol. The van der Waals surface area contributed by atoms with E-state index in [1.54, 1.807) is 0 Å². The quantitative estimate of drug-likeness (QED) is 0.0255. The molecule has 0 saturated carbocycles. The van der Waals surface area contributed by atoms with Crippen molar-refractivity contribution in [2.45, 2.75) is 220 Å². The van der Waals surface area contributed by atoms with Gasteiger partial charge in [-0.2, -0.15) is 0 Å². The van der Waals surface area contributed by atoms with E-state index in [1.807, 2.05) is 0 Å². The van der Waals surface area contributed by atoms with E-state index in [-0.39, 0.29) is 13.1 Å². The average molecular weight is 1040 g/mol. The van der Waals surface area contributed by atoms with Crippen molar-refractivity contribution in [1.29, 1.82) is 0 Å². The van der Waals surface area contributed by atoms with Crippen LogP contribution in [0.1, 0.15) is 110 Å². The highest BCUT2D eigenvalue weighted by atomic mass is 16.7. The van der Waals surface area contributed by atoms with Gasteiger partial charge in [-0.05, 0) is 38.9 Å². The lowest BCUT2D eigenvalue weighted by molar-refractivity contribution is -0.326. The molecule has 0 aromatic carbocycles. The molecule has 0 aromatic heterocycles. The molecule has 2 fully saturated rings. The minimum absolute atomic E-state index is 0.00842. The third kappa shape index (κ3) is 22.1. The van der Waals surface area contributed by atoms with Crippen molar-refractivity contribution >= 4 is 11.8 Å². The van der Waals surface area contributed by atoms with Gasteiger partial charge in [0.15, 0.2) is 24.8 Å². The van der Waals surface area contributed by atoms with Crippen LogP contribution in [0.15, 0.2) is 0 Å². The second kappa shape index (κ2) is 36.1. The highest BCUT2D eigenvalue weighted by Gasteiger charge is 2.49. The summed E-state index contributed by atoms with van der Waals surface area (Å²) in [6.45, 7) is -0.0476. The Morgan fingerprint density at radius 2 is 0.803 bits per heavy atom. The molecule has 25 heteroatoms. The summed E-state index contributed by atoms with van der Waals surface area (Å²) in [4.78, 5) is 28.0. The Hall–Kier alpha value is -1.90. The van der Waals surface area contributed by atoms with E-state index in [9.17, 15) is 91.3 Å². The maximum Gasteiger partial charge on any atom is 0.251 e. The van der Waals surface area contributed by atoms with Crippen LogP contribution in [0, 0.1) is 0 Å². The van der Waals surface area contributed by atoms with E-state index in [2.05, 4.69) is 22.5 Å². The zero-order valence-corrected chi connectivity index (χ0v) is 41.1. The second-order valence-corrected chi connectivity index (χ2v) is 18.7. The first-order valence-corrected chi connectivity index (χ1v) is 25.4. The predicted molar refractivity (Wildman–Crippen MR) is 249 cm³/mol. The molecule has 25 nitrogen and oxygen atoms in total. The van der Waals surface area contributed by atoms with Crippen LogP contribution in [0.5, 0.6) is 0 Å². The molecule has 2 heterocycles. The molecule has 71 heavy (non-hydrogen) atoms. The lowest BCUT2D eigenvalue weighted by Crippen LogP contribution is -2.62. The average Bonchev–Trinajstić information content (AvgIpc) is 3.37. The minimum Gasteiger partial charge on any atom is -0.394 e. The van der Waals surface area contributed by atoms with Crippen LogP contribution in [0.4, 0.5) is 0 Å². The van der Waals surface area contributed by atoms with Crippen LogP contribution < -0.4 is 10.6 Å². The highest BCUT2D eigenvalue weighted by Crippen LogP contribution is 2.27. The third-order valence-corrected chi connectivity index (χ3v) is 13.0. The number of hydrogen-bond acceptors (Lipinski definition) is 23. The zero-order valence-electron chi connectivity index (χ0n) is 41.1. The summed E-state index contributed by atoms with van der Waals surface area (Å²) in [6, 6.07) is 0. The number of carbonyl (C=O) groups is 2. The van der Waals surface area contributed by atoms with Gasteiger partial charge in [0, 0.05) is 13.1 Å². The Morgan fingerprint density at radius 1 is 0.479 bits per heavy atom. The first-order chi connectivity index (χ1) is 33.9. The molecule has 0 unspecified atom stereocenters. The number of hydrogen-bond donors (Lipinski definition) is 18. The number of aliphatic hydroxyl groups excluding tert-OH is 16. The van der Waals surface area contributed by atoms with E-state index >= 15 is 0 Å². The Kier molecular flexibility index (Phi) is 33.2. The van der Waals surface area contributed by atoms with Gasteiger partial charge >= 0.3 is 0 Å². The van der Waals surface area contributed by atoms with Crippen molar-refractivity contribution in [3.63, 3.8) is 0 Å². The molecule has 0 spiro atoms. The number of rotatable bonds is 39. The highest BCUT2D eigenvalue weighted by molar-refractivity contribution is 5.81. The molecule has 2 amide bonds. The van der Waals surface area contributed by atoms with Gasteiger partial charge in [0.05, 0.1) is 26.4 Å². The number of ether oxygens (including phenoxy) is 4. The SMILES string of the molecule is CCCCCCCCCCCCCCCCN(CCCNC(=O)[C@H](O)[C@@H](O)[C@H](O[C@@H]1O[C@H](CO)[C@H](O)[C@H](O)[C@H]1O)[C@H](O)CO)CCCNC(=O)[C@H](O)[C@@H](O)[C@H](O[C@@H]1O[C@H](CO)[C@H](O)[C@H](O)[C@H]1O)[C@H](O)CO. The number of amides is 2. The first-order valence-electron chi connectivity index (χ1n) is 25.4. The summed E-state index contributed by atoms with van der Waals surface area (Å²) in [5.74, 6) is -2.17. The number of carbonyl (C=O) groups excluding carboxylic acids is 2. The molecule has 0 radical (unpaired) electrons. The van der Waals surface area contributed by atoms with Gasteiger partial charge in [0.2, 0.25) is 0 Å². The molecule has 2 aliphatic heterocycles. The van der Waals surface area contributed by atoms with E-state index in [0.29, 0.717) is 32.5 Å². The number of nitrogens with one attached hydrogen (secondary N) is 2. The van der Waals surface area contributed by atoms with Crippen LogP contribution in [0.3, 0.4) is 0 Å². The maximum absolute atomic E-state index is 13.0. The normalized spacial score (nSPS) is 28.4. The molecule has 18 atom stereocenters. The van der Waals surface area contributed by atoms with Crippen molar-refractivity contribution in [2.75, 3.05) is 59.2 Å². The summed E-state index contributed by atoms with van der Waals surface area (Å²) in [5, 5.41) is 168. The molecule has 0 aliphatic carbocycles. The van der Waals surface area contributed by atoms with E-state index < -0.39 is 148 Å². The first kappa shape index (κ1) is 65.2. The standard InChI is InChI=1S/C46H89N3O22/c1-2-3-4-5-6-7-8-9-10-11-12-13-14-15-20-49(21-16-18-47-43(66)37(62)35(60)41(27(54)23-50)70-45-39(64)33(58)31(56)29(25-52)68-45)22-17-19-48-44(67)38(63)36(61)42(28(55)24-51)71-46-40(65)34(59)32(57)30(26-53)69-46/h27-42,45-46,50-65H,2-26H2,1H3,(H,47,66)(H,48,67)/t27-,28-,29-,30-,31+,32+,33+,34+,35-,36-,37-,38-,39-,40-,41-,42-,45+,46+/m1/s1. The molecule has 18 N–H and O–H groups in total. The molecule has 2 saturated heterocycles. The topological polar surface area (TPSA) is 422 Å². The van der Waals surface area contributed by atoms with Crippen molar-refractivity contribution in [3.8, 4) is 0 Å². The van der Waals surface area contributed by atoms with Gasteiger partial charge in [-0.15, -0.1) is 0 Å². The Labute approximate surface area is 415 Å². The third-order valence-electron chi connectivity index (χ3n) is 13.0. The van der Waals surface area contributed by atoms with E-state index in [1.165, 1.54) is 57.8 Å². The summed E-state index contributed by atoms with van der Waals surface area (Å²) >= 11 is 0. The Bertz CT molecular complexity index is 1310. The number of aliphatic hydroxyl groups is 16. The van der Waals surface area contributed by atoms with Crippen LogP contribution >= 0.6 is 0 Å². The summed E-state index contributed by atoms with van der Waals surface area (Å²) in [6.07, 6.45) is -17.3. The lowest BCUT2D eigenvalue weighted by Gasteiger charge is -2.42.